The molecular weight excluding hydrogens is 250 g/mol. The van der Waals surface area contributed by atoms with Crippen LogP contribution in [0.15, 0.2) is 24.4 Å². The molecule has 0 amide bonds. The quantitative estimate of drug-likeness (QED) is 0.920. The van der Waals surface area contributed by atoms with E-state index in [9.17, 15) is 13.9 Å². The van der Waals surface area contributed by atoms with Gasteiger partial charge in [0.1, 0.15) is 0 Å². The summed E-state index contributed by atoms with van der Waals surface area (Å²) in [6.45, 7) is 2.85. The van der Waals surface area contributed by atoms with Crippen LogP contribution >= 0.6 is 0 Å². The van der Waals surface area contributed by atoms with Gasteiger partial charge in [0.05, 0.1) is 11.6 Å². The zero-order chi connectivity index (χ0) is 13.4. The summed E-state index contributed by atoms with van der Waals surface area (Å²) in [4.78, 5) is 2.13. The number of benzene rings is 1. The summed E-state index contributed by atoms with van der Waals surface area (Å²) in [6, 6.07) is 4.53. The number of aromatic nitrogens is 1. The maximum Gasteiger partial charge on any atom is 0.183 e. The monoisotopic (exact) mass is 266 g/mol. The van der Waals surface area contributed by atoms with Gasteiger partial charge in [0.15, 0.2) is 11.6 Å². The molecule has 0 aliphatic carbocycles. The van der Waals surface area contributed by atoms with Gasteiger partial charge in [-0.25, -0.2) is 8.78 Å². The average molecular weight is 266 g/mol. The summed E-state index contributed by atoms with van der Waals surface area (Å²) in [7, 11) is 0. The number of nitrogens with zero attached hydrogens (tertiary/aromatic N) is 2. The molecule has 2 heterocycles. The lowest BCUT2D eigenvalue weighted by Crippen LogP contribution is -2.26. The second-order valence-corrected chi connectivity index (χ2v) is 5.05. The molecule has 2 aromatic rings. The van der Waals surface area contributed by atoms with Crippen LogP contribution in [0.5, 0.6) is 0 Å². The van der Waals surface area contributed by atoms with Crippen LogP contribution in [0, 0.1) is 11.6 Å². The Morgan fingerprint density at radius 3 is 2.79 bits per heavy atom. The molecule has 3 rings (SSSR count). The van der Waals surface area contributed by atoms with Crippen LogP contribution in [-0.2, 0) is 6.54 Å². The molecule has 1 aromatic carbocycles. The Kier molecular flexibility index (Phi) is 3.24. The number of hydrogen-bond acceptors (Lipinski definition) is 2. The number of fused-ring (bicyclic) bond motifs is 1. The summed E-state index contributed by atoms with van der Waals surface area (Å²) in [5.74, 6) is -1.60. The molecule has 102 valence electrons. The van der Waals surface area contributed by atoms with E-state index in [0.29, 0.717) is 24.0 Å². The summed E-state index contributed by atoms with van der Waals surface area (Å²) in [6.07, 6.45) is 2.31. The summed E-state index contributed by atoms with van der Waals surface area (Å²) in [5, 5.41) is 10.2. The van der Waals surface area contributed by atoms with Crippen LogP contribution < -0.4 is 0 Å². The Hall–Kier alpha value is -1.46. The van der Waals surface area contributed by atoms with Gasteiger partial charge >= 0.3 is 0 Å². The first-order chi connectivity index (χ1) is 9.15. The molecule has 1 atom stereocenters. The summed E-state index contributed by atoms with van der Waals surface area (Å²) < 4.78 is 28.8. The average Bonchev–Trinajstić information content (AvgIpc) is 2.98. The Morgan fingerprint density at radius 2 is 2.05 bits per heavy atom. The first kappa shape index (κ1) is 12.6. The van der Waals surface area contributed by atoms with Crippen molar-refractivity contribution in [3.63, 3.8) is 0 Å². The van der Waals surface area contributed by atoms with Crippen LogP contribution in [0.4, 0.5) is 8.78 Å². The molecule has 0 radical (unpaired) electrons. The van der Waals surface area contributed by atoms with Gasteiger partial charge < -0.3 is 9.67 Å². The molecule has 1 aromatic heterocycles. The molecule has 0 saturated carbocycles. The third kappa shape index (κ3) is 2.35. The van der Waals surface area contributed by atoms with E-state index in [1.165, 1.54) is 0 Å². The molecular formula is C14H16F2N2O. The van der Waals surface area contributed by atoms with Gasteiger partial charge in [-0.05, 0) is 24.6 Å². The van der Waals surface area contributed by atoms with Crippen molar-refractivity contribution < 1.29 is 13.9 Å². The highest BCUT2D eigenvalue weighted by atomic mass is 19.2. The zero-order valence-corrected chi connectivity index (χ0v) is 10.5. The Labute approximate surface area is 110 Å². The highest BCUT2D eigenvalue weighted by molar-refractivity contribution is 5.80. The maximum atomic E-state index is 13.8. The SMILES string of the molecule is OC1CCN(CCn2ccc3ccc(F)c(F)c32)C1. The van der Waals surface area contributed by atoms with Crippen molar-refractivity contribution in [1.82, 2.24) is 9.47 Å². The minimum atomic E-state index is -0.816. The number of aliphatic hydroxyl groups excluding tert-OH is 1. The van der Waals surface area contributed by atoms with E-state index in [0.717, 1.165) is 25.6 Å². The summed E-state index contributed by atoms with van der Waals surface area (Å²) in [5.41, 5.74) is 0.319. The van der Waals surface area contributed by atoms with Crippen molar-refractivity contribution in [2.45, 2.75) is 19.1 Å². The topological polar surface area (TPSA) is 28.4 Å². The minimum Gasteiger partial charge on any atom is -0.392 e. The first-order valence-corrected chi connectivity index (χ1v) is 6.48. The predicted molar refractivity (Wildman–Crippen MR) is 68.9 cm³/mol. The van der Waals surface area contributed by atoms with Crippen molar-refractivity contribution in [2.75, 3.05) is 19.6 Å². The van der Waals surface area contributed by atoms with Crippen LogP contribution in [0.25, 0.3) is 10.9 Å². The molecule has 1 unspecified atom stereocenters. The fourth-order valence-electron chi connectivity index (χ4n) is 2.68. The van der Waals surface area contributed by atoms with E-state index in [1.54, 1.807) is 22.9 Å². The molecule has 1 aliphatic rings. The van der Waals surface area contributed by atoms with Gasteiger partial charge in [-0.2, -0.15) is 0 Å². The highest BCUT2D eigenvalue weighted by Gasteiger charge is 2.20. The number of rotatable bonds is 3. The fraction of sp³-hybridized carbons (Fsp3) is 0.429. The van der Waals surface area contributed by atoms with Crippen molar-refractivity contribution in [3.05, 3.63) is 36.0 Å². The molecule has 3 nitrogen and oxygen atoms in total. The van der Waals surface area contributed by atoms with Crippen molar-refractivity contribution in [1.29, 1.82) is 0 Å². The number of halogens is 2. The third-order valence-electron chi connectivity index (χ3n) is 3.73. The van der Waals surface area contributed by atoms with Gasteiger partial charge in [-0.3, -0.25) is 4.90 Å². The van der Waals surface area contributed by atoms with Gasteiger partial charge in [0, 0.05) is 37.8 Å². The fourth-order valence-corrected chi connectivity index (χ4v) is 2.68. The van der Waals surface area contributed by atoms with Crippen LogP contribution in [0.1, 0.15) is 6.42 Å². The molecule has 1 aliphatic heterocycles. The Bertz CT molecular complexity index is 596. The van der Waals surface area contributed by atoms with E-state index in [1.807, 2.05) is 0 Å². The second kappa shape index (κ2) is 4.90. The molecule has 19 heavy (non-hydrogen) atoms. The maximum absolute atomic E-state index is 13.8. The zero-order valence-electron chi connectivity index (χ0n) is 10.5. The molecule has 1 fully saturated rings. The number of hydrogen-bond donors (Lipinski definition) is 1. The van der Waals surface area contributed by atoms with Crippen LogP contribution in [0.2, 0.25) is 0 Å². The number of likely N-dealkylation sites (tertiary alicyclic amines) is 1. The van der Waals surface area contributed by atoms with Gasteiger partial charge in [0.25, 0.3) is 0 Å². The highest BCUT2D eigenvalue weighted by Crippen LogP contribution is 2.22. The molecule has 0 spiro atoms. The van der Waals surface area contributed by atoms with Crippen molar-refractivity contribution in [3.8, 4) is 0 Å². The first-order valence-electron chi connectivity index (χ1n) is 6.48. The van der Waals surface area contributed by atoms with E-state index in [-0.39, 0.29) is 6.10 Å². The summed E-state index contributed by atoms with van der Waals surface area (Å²) >= 11 is 0. The third-order valence-corrected chi connectivity index (χ3v) is 3.73. The predicted octanol–water partition coefficient (Wildman–Crippen LogP) is 1.99. The number of aliphatic hydroxyl groups is 1. The molecule has 1 N–H and O–H groups in total. The lowest BCUT2D eigenvalue weighted by molar-refractivity contribution is 0.175. The van der Waals surface area contributed by atoms with E-state index in [2.05, 4.69) is 4.90 Å². The van der Waals surface area contributed by atoms with Crippen molar-refractivity contribution in [2.24, 2.45) is 0 Å². The van der Waals surface area contributed by atoms with E-state index >= 15 is 0 Å². The minimum absolute atomic E-state index is 0.254. The molecule has 5 heteroatoms. The number of β-amino-alcohol motifs (C(OH)–C–C–N with tert-alkyl or cyclic N) is 1. The van der Waals surface area contributed by atoms with Crippen LogP contribution in [0.3, 0.4) is 0 Å². The van der Waals surface area contributed by atoms with Crippen molar-refractivity contribution >= 4 is 10.9 Å². The largest absolute Gasteiger partial charge is 0.392 e. The molecule has 1 saturated heterocycles. The normalized spacial score (nSPS) is 20.5. The van der Waals surface area contributed by atoms with Gasteiger partial charge in [-0.15, -0.1) is 0 Å². The lowest BCUT2D eigenvalue weighted by Gasteiger charge is -2.15. The Balaban J connectivity index is 1.79. The van der Waals surface area contributed by atoms with E-state index < -0.39 is 11.6 Å². The second-order valence-electron chi connectivity index (χ2n) is 5.05. The smallest absolute Gasteiger partial charge is 0.183 e. The van der Waals surface area contributed by atoms with Gasteiger partial charge in [0.2, 0.25) is 0 Å². The molecule has 0 bridgehead atoms. The van der Waals surface area contributed by atoms with Crippen LogP contribution in [-0.4, -0.2) is 40.3 Å². The van der Waals surface area contributed by atoms with E-state index in [4.69, 9.17) is 0 Å². The van der Waals surface area contributed by atoms with Gasteiger partial charge in [-0.1, -0.05) is 0 Å². The lowest BCUT2D eigenvalue weighted by atomic mass is 10.2. The standard InChI is InChI=1S/C14H16F2N2O/c15-12-2-1-10-3-6-18(14(10)13(12)16)8-7-17-5-4-11(19)9-17/h1-3,6,11,19H,4-5,7-9H2. The Morgan fingerprint density at radius 1 is 1.21 bits per heavy atom.